The van der Waals surface area contributed by atoms with Crippen LogP contribution in [0.1, 0.15) is 11.1 Å². The van der Waals surface area contributed by atoms with E-state index in [4.69, 9.17) is 9.47 Å². The molecule has 0 aromatic heterocycles. The molecular weight excluding hydrogens is 278 g/mol. The second-order valence-corrected chi connectivity index (χ2v) is 5.03. The summed E-state index contributed by atoms with van der Waals surface area (Å²) in [6.45, 7) is 0.771. The van der Waals surface area contributed by atoms with Gasteiger partial charge in [0, 0.05) is 12.1 Å². The number of para-hydroxylation sites is 1. The molecule has 4 nitrogen and oxygen atoms in total. The van der Waals surface area contributed by atoms with E-state index in [1.165, 1.54) is 0 Å². The van der Waals surface area contributed by atoms with Crippen LogP contribution in [0.2, 0.25) is 0 Å². The minimum Gasteiger partial charge on any atom is -0.497 e. The van der Waals surface area contributed by atoms with Crippen molar-refractivity contribution in [1.82, 2.24) is 5.32 Å². The van der Waals surface area contributed by atoms with Gasteiger partial charge in [0.2, 0.25) is 0 Å². The maximum atomic E-state index is 12.2. The summed E-state index contributed by atoms with van der Waals surface area (Å²) in [7, 11) is 1.63. The van der Waals surface area contributed by atoms with Crippen molar-refractivity contribution in [2.24, 2.45) is 0 Å². The Hall–Kier alpha value is -2.75. The first-order chi connectivity index (χ1) is 10.8. The normalized spacial score (nSPS) is 12.7. The van der Waals surface area contributed by atoms with E-state index in [1.54, 1.807) is 7.11 Å². The lowest BCUT2D eigenvalue weighted by atomic mass is 10.1. The van der Waals surface area contributed by atoms with E-state index < -0.39 is 0 Å². The van der Waals surface area contributed by atoms with Crippen LogP contribution in [0.25, 0.3) is 6.08 Å². The highest BCUT2D eigenvalue weighted by atomic mass is 16.5. The first kappa shape index (κ1) is 14.2. The highest BCUT2D eigenvalue weighted by Crippen LogP contribution is 2.25. The van der Waals surface area contributed by atoms with Crippen LogP contribution in [0.15, 0.2) is 54.1 Å². The molecule has 0 saturated carbocycles. The van der Waals surface area contributed by atoms with E-state index in [-0.39, 0.29) is 5.91 Å². The highest BCUT2D eigenvalue weighted by Gasteiger charge is 2.16. The van der Waals surface area contributed by atoms with Crippen molar-refractivity contribution in [2.75, 3.05) is 13.7 Å². The van der Waals surface area contributed by atoms with Gasteiger partial charge in [0.1, 0.15) is 18.1 Å². The van der Waals surface area contributed by atoms with Crippen LogP contribution in [0, 0.1) is 0 Å². The van der Waals surface area contributed by atoms with Crippen LogP contribution in [-0.2, 0) is 11.3 Å². The maximum Gasteiger partial charge on any atom is 0.250 e. The Balaban J connectivity index is 1.64. The topological polar surface area (TPSA) is 47.6 Å². The molecule has 1 N–H and O–H groups in total. The van der Waals surface area contributed by atoms with Gasteiger partial charge in [-0.2, -0.15) is 0 Å². The van der Waals surface area contributed by atoms with Crippen LogP contribution >= 0.6 is 0 Å². The number of carbonyl (C=O) groups is 1. The average Bonchev–Trinajstić information content (AvgIpc) is 2.59. The van der Waals surface area contributed by atoms with Gasteiger partial charge in [0.25, 0.3) is 5.91 Å². The predicted octanol–water partition coefficient (Wildman–Crippen LogP) is 2.79. The zero-order chi connectivity index (χ0) is 15.4. The number of hydrogen-bond donors (Lipinski definition) is 1. The molecule has 0 saturated heterocycles. The fourth-order valence-electron chi connectivity index (χ4n) is 2.29. The summed E-state index contributed by atoms with van der Waals surface area (Å²) in [5.41, 5.74) is 2.59. The quantitative estimate of drug-likeness (QED) is 0.943. The van der Waals surface area contributed by atoms with Crippen molar-refractivity contribution in [1.29, 1.82) is 0 Å². The molecule has 22 heavy (non-hydrogen) atoms. The lowest BCUT2D eigenvalue weighted by molar-refractivity contribution is -0.117. The monoisotopic (exact) mass is 295 g/mol. The number of fused-ring (bicyclic) bond motifs is 1. The first-order valence-corrected chi connectivity index (χ1v) is 7.10. The van der Waals surface area contributed by atoms with Gasteiger partial charge < -0.3 is 14.8 Å². The zero-order valence-corrected chi connectivity index (χ0v) is 12.3. The molecule has 0 spiro atoms. The third-order valence-electron chi connectivity index (χ3n) is 3.54. The first-order valence-electron chi connectivity index (χ1n) is 7.10. The zero-order valence-electron chi connectivity index (χ0n) is 12.3. The van der Waals surface area contributed by atoms with Gasteiger partial charge in [-0.1, -0.05) is 30.3 Å². The Labute approximate surface area is 129 Å². The molecule has 0 atom stereocenters. The Kier molecular flexibility index (Phi) is 4.10. The van der Waals surface area contributed by atoms with Gasteiger partial charge in [-0.3, -0.25) is 4.79 Å². The number of ether oxygens (including phenoxy) is 2. The number of carbonyl (C=O) groups excluding carboxylic acids is 1. The third kappa shape index (κ3) is 3.11. The number of benzene rings is 2. The van der Waals surface area contributed by atoms with Gasteiger partial charge in [-0.25, -0.2) is 0 Å². The Morgan fingerprint density at radius 1 is 1.18 bits per heavy atom. The largest absolute Gasteiger partial charge is 0.497 e. The smallest absolute Gasteiger partial charge is 0.250 e. The van der Waals surface area contributed by atoms with Gasteiger partial charge >= 0.3 is 0 Å². The molecular formula is C18H17NO3. The van der Waals surface area contributed by atoms with Crippen molar-refractivity contribution in [2.45, 2.75) is 6.54 Å². The molecule has 1 aliphatic rings. The van der Waals surface area contributed by atoms with E-state index in [1.807, 2.05) is 54.6 Å². The Bertz CT molecular complexity index is 705. The fourth-order valence-corrected chi connectivity index (χ4v) is 2.29. The summed E-state index contributed by atoms with van der Waals surface area (Å²) in [5.74, 6) is 1.51. The third-order valence-corrected chi connectivity index (χ3v) is 3.54. The molecule has 0 radical (unpaired) electrons. The van der Waals surface area contributed by atoms with Crippen LogP contribution in [0.3, 0.4) is 0 Å². The van der Waals surface area contributed by atoms with E-state index in [9.17, 15) is 4.79 Å². The number of nitrogens with one attached hydrogen (secondary N) is 1. The van der Waals surface area contributed by atoms with Crippen molar-refractivity contribution in [3.8, 4) is 11.5 Å². The molecule has 2 aromatic carbocycles. The molecule has 0 aliphatic carbocycles. The van der Waals surface area contributed by atoms with Crippen molar-refractivity contribution < 1.29 is 14.3 Å². The average molecular weight is 295 g/mol. The highest BCUT2D eigenvalue weighted by molar-refractivity contribution is 5.99. The molecule has 3 rings (SSSR count). The lowest BCUT2D eigenvalue weighted by Crippen LogP contribution is -2.28. The van der Waals surface area contributed by atoms with Gasteiger partial charge in [0.15, 0.2) is 0 Å². The standard InChI is InChI=1S/C18H17NO3/c1-21-16-8-6-13(7-9-16)11-19-18(20)15-10-14-4-2-3-5-17(14)22-12-15/h2-10H,11-12H2,1H3,(H,19,20). The van der Waals surface area contributed by atoms with Crippen LogP contribution in [0.5, 0.6) is 11.5 Å². The Morgan fingerprint density at radius 3 is 2.73 bits per heavy atom. The molecule has 0 bridgehead atoms. The number of hydrogen-bond acceptors (Lipinski definition) is 3. The SMILES string of the molecule is COc1ccc(CNC(=O)C2=Cc3ccccc3OC2)cc1. The molecule has 1 heterocycles. The molecule has 2 aromatic rings. The van der Waals surface area contributed by atoms with E-state index in [0.717, 1.165) is 22.6 Å². The van der Waals surface area contributed by atoms with Crippen molar-refractivity contribution in [3.05, 3.63) is 65.2 Å². The van der Waals surface area contributed by atoms with Crippen LogP contribution in [-0.4, -0.2) is 19.6 Å². The number of rotatable bonds is 4. The molecule has 112 valence electrons. The Morgan fingerprint density at radius 2 is 1.95 bits per heavy atom. The minimum atomic E-state index is -0.106. The van der Waals surface area contributed by atoms with Crippen molar-refractivity contribution in [3.63, 3.8) is 0 Å². The number of methoxy groups -OCH3 is 1. The van der Waals surface area contributed by atoms with E-state index in [0.29, 0.717) is 18.7 Å². The summed E-state index contributed by atoms with van der Waals surface area (Å²) < 4.78 is 10.7. The van der Waals surface area contributed by atoms with Gasteiger partial charge in [-0.05, 0) is 29.8 Å². The summed E-state index contributed by atoms with van der Waals surface area (Å²) in [6, 6.07) is 15.3. The predicted molar refractivity (Wildman–Crippen MR) is 84.8 cm³/mol. The van der Waals surface area contributed by atoms with Crippen molar-refractivity contribution >= 4 is 12.0 Å². The molecule has 0 unspecified atom stereocenters. The summed E-state index contributed by atoms with van der Waals surface area (Å²) in [4.78, 5) is 12.2. The molecule has 1 aliphatic heterocycles. The fraction of sp³-hybridized carbons (Fsp3) is 0.167. The lowest BCUT2D eigenvalue weighted by Gasteiger charge is -2.17. The summed E-state index contributed by atoms with van der Waals surface area (Å²) >= 11 is 0. The van der Waals surface area contributed by atoms with Crippen LogP contribution < -0.4 is 14.8 Å². The van der Waals surface area contributed by atoms with E-state index in [2.05, 4.69) is 5.32 Å². The minimum absolute atomic E-state index is 0.106. The second-order valence-electron chi connectivity index (χ2n) is 5.03. The summed E-state index contributed by atoms with van der Waals surface area (Å²) in [5, 5.41) is 2.91. The summed E-state index contributed by atoms with van der Waals surface area (Å²) in [6.07, 6.45) is 1.88. The van der Waals surface area contributed by atoms with Crippen LogP contribution in [0.4, 0.5) is 0 Å². The molecule has 0 fully saturated rings. The molecule has 4 heteroatoms. The maximum absolute atomic E-state index is 12.2. The van der Waals surface area contributed by atoms with Gasteiger partial charge in [-0.15, -0.1) is 0 Å². The van der Waals surface area contributed by atoms with Gasteiger partial charge in [0.05, 0.1) is 12.7 Å². The molecule has 1 amide bonds. The van der Waals surface area contributed by atoms with E-state index >= 15 is 0 Å². The second kappa shape index (κ2) is 6.35. The number of amides is 1.